The topological polar surface area (TPSA) is 55.4 Å². The number of nitrogens with one attached hydrogen (secondary N) is 1. The van der Waals surface area contributed by atoms with Gasteiger partial charge in [0.05, 0.1) is 0 Å². The molecular formula is C16H21NO3. The molecule has 1 N–H and O–H groups in total. The second-order valence-electron chi connectivity index (χ2n) is 5.29. The van der Waals surface area contributed by atoms with Gasteiger partial charge in [0.25, 0.3) is 0 Å². The van der Waals surface area contributed by atoms with E-state index in [0.717, 1.165) is 12.8 Å². The van der Waals surface area contributed by atoms with Gasteiger partial charge in [-0.15, -0.1) is 0 Å². The Morgan fingerprint density at radius 1 is 1.25 bits per heavy atom. The number of carbonyl (C=O) groups excluding carboxylic acids is 2. The molecule has 0 saturated carbocycles. The van der Waals surface area contributed by atoms with Gasteiger partial charge in [0.1, 0.15) is 0 Å². The second-order valence-corrected chi connectivity index (χ2v) is 5.29. The lowest BCUT2D eigenvalue weighted by atomic mass is 9.98. The number of amides is 1. The largest absolute Gasteiger partial charge is 0.381 e. The molecule has 2 rings (SSSR count). The molecule has 0 aliphatic carbocycles. The van der Waals surface area contributed by atoms with E-state index in [4.69, 9.17) is 4.74 Å². The minimum absolute atomic E-state index is 0.0260. The van der Waals surface area contributed by atoms with Gasteiger partial charge in [-0.05, 0) is 19.8 Å². The Hall–Kier alpha value is -1.68. The Balaban J connectivity index is 1.81. The van der Waals surface area contributed by atoms with E-state index in [9.17, 15) is 9.59 Å². The van der Waals surface area contributed by atoms with Crippen molar-refractivity contribution in [3.63, 3.8) is 0 Å². The van der Waals surface area contributed by atoms with Crippen molar-refractivity contribution in [1.29, 1.82) is 0 Å². The number of ether oxygens (including phenoxy) is 1. The van der Waals surface area contributed by atoms with Crippen LogP contribution in [0.3, 0.4) is 0 Å². The monoisotopic (exact) mass is 275 g/mol. The maximum Gasteiger partial charge on any atom is 0.223 e. The van der Waals surface area contributed by atoms with Crippen molar-refractivity contribution >= 4 is 11.7 Å². The van der Waals surface area contributed by atoms with Gasteiger partial charge >= 0.3 is 0 Å². The van der Waals surface area contributed by atoms with Gasteiger partial charge in [0.15, 0.2) is 5.78 Å². The SMILES string of the molecule is C[C@H](CC(=O)c1ccccc1)NC(=O)C1CCOCC1. The number of Topliss-reactive ketones (excluding diaryl/α,β-unsaturated/α-hetero) is 1. The minimum Gasteiger partial charge on any atom is -0.381 e. The van der Waals surface area contributed by atoms with Gasteiger partial charge < -0.3 is 10.1 Å². The van der Waals surface area contributed by atoms with Crippen molar-refractivity contribution in [2.45, 2.75) is 32.2 Å². The van der Waals surface area contributed by atoms with Crippen molar-refractivity contribution in [3.05, 3.63) is 35.9 Å². The van der Waals surface area contributed by atoms with Crippen LogP contribution in [0.5, 0.6) is 0 Å². The number of carbonyl (C=O) groups is 2. The molecule has 4 nitrogen and oxygen atoms in total. The van der Waals surface area contributed by atoms with E-state index in [0.29, 0.717) is 25.2 Å². The lowest BCUT2D eigenvalue weighted by molar-refractivity contribution is -0.128. The highest BCUT2D eigenvalue weighted by atomic mass is 16.5. The smallest absolute Gasteiger partial charge is 0.223 e. The molecule has 1 saturated heterocycles. The average molecular weight is 275 g/mol. The number of benzene rings is 1. The Morgan fingerprint density at radius 3 is 2.55 bits per heavy atom. The molecule has 0 radical (unpaired) electrons. The van der Waals surface area contributed by atoms with Crippen LogP contribution in [-0.4, -0.2) is 30.9 Å². The Labute approximate surface area is 119 Å². The standard InChI is InChI=1S/C16H21NO3/c1-12(11-15(18)13-5-3-2-4-6-13)17-16(19)14-7-9-20-10-8-14/h2-6,12,14H,7-11H2,1H3,(H,17,19)/t12-/m1/s1. The molecule has 0 unspecified atom stereocenters. The second kappa shape index (κ2) is 7.20. The highest BCUT2D eigenvalue weighted by Crippen LogP contribution is 2.15. The molecule has 0 bridgehead atoms. The van der Waals surface area contributed by atoms with Crippen molar-refractivity contribution in [3.8, 4) is 0 Å². The lowest BCUT2D eigenvalue weighted by Gasteiger charge is -2.23. The summed E-state index contributed by atoms with van der Waals surface area (Å²) < 4.78 is 5.24. The molecule has 4 heteroatoms. The Kier molecular flexibility index (Phi) is 5.30. The first kappa shape index (κ1) is 14.7. The zero-order valence-corrected chi connectivity index (χ0v) is 11.8. The lowest BCUT2D eigenvalue weighted by Crippen LogP contribution is -2.40. The molecule has 0 spiro atoms. The van der Waals surface area contributed by atoms with Crippen molar-refractivity contribution in [2.24, 2.45) is 5.92 Å². The molecule has 1 amide bonds. The van der Waals surface area contributed by atoms with Gasteiger partial charge in [0.2, 0.25) is 5.91 Å². The highest BCUT2D eigenvalue weighted by molar-refractivity contribution is 5.96. The van der Waals surface area contributed by atoms with Gasteiger partial charge in [-0.2, -0.15) is 0 Å². The summed E-state index contributed by atoms with van der Waals surface area (Å²) in [4.78, 5) is 24.1. The predicted octanol–water partition coefficient (Wildman–Crippen LogP) is 2.19. The molecule has 1 fully saturated rings. The minimum atomic E-state index is -0.141. The molecule has 1 aliphatic rings. The molecule has 108 valence electrons. The molecular weight excluding hydrogens is 254 g/mol. The van der Waals surface area contributed by atoms with E-state index in [1.54, 1.807) is 12.1 Å². The first-order chi connectivity index (χ1) is 9.66. The summed E-state index contributed by atoms with van der Waals surface area (Å²) in [6.45, 7) is 3.17. The Morgan fingerprint density at radius 2 is 1.90 bits per heavy atom. The fourth-order valence-corrected chi connectivity index (χ4v) is 2.39. The van der Waals surface area contributed by atoms with Crippen LogP contribution in [0.15, 0.2) is 30.3 Å². The van der Waals surface area contributed by atoms with Gasteiger partial charge in [0, 0.05) is 37.2 Å². The van der Waals surface area contributed by atoms with Crippen LogP contribution < -0.4 is 5.32 Å². The van der Waals surface area contributed by atoms with Crippen LogP contribution in [0, 0.1) is 5.92 Å². The van der Waals surface area contributed by atoms with E-state index >= 15 is 0 Å². The van der Waals surface area contributed by atoms with E-state index < -0.39 is 0 Å². The third-order valence-electron chi connectivity index (χ3n) is 3.57. The molecule has 1 heterocycles. The molecule has 1 aliphatic heterocycles. The average Bonchev–Trinajstić information content (AvgIpc) is 2.49. The zero-order chi connectivity index (χ0) is 14.4. The number of hydrogen-bond donors (Lipinski definition) is 1. The van der Waals surface area contributed by atoms with Crippen molar-refractivity contribution in [1.82, 2.24) is 5.32 Å². The number of rotatable bonds is 5. The quantitative estimate of drug-likeness (QED) is 0.838. The van der Waals surface area contributed by atoms with E-state index in [-0.39, 0.29) is 23.7 Å². The fraction of sp³-hybridized carbons (Fsp3) is 0.500. The molecule has 20 heavy (non-hydrogen) atoms. The molecule has 0 aromatic heterocycles. The summed E-state index contributed by atoms with van der Waals surface area (Å²) in [6, 6.07) is 9.03. The maximum atomic E-state index is 12.0. The third kappa shape index (κ3) is 4.17. The summed E-state index contributed by atoms with van der Waals surface area (Å²) in [5.74, 6) is 0.130. The van der Waals surface area contributed by atoms with Crippen LogP contribution in [0.1, 0.15) is 36.5 Å². The molecule has 1 aromatic carbocycles. The third-order valence-corrected chi connectivity index (χ3v) is 3.57. The number of hydrogen-bond acceptors (Lipinski definition) is 3. The fourth-order valence-electron chi connectivity index (χ4n) is 2.39. The van der Waals surface area contributed by atoms with Gasteiger partial charge in [-0.25, -0.2) is 0 Å². The van der Waals surface area contributed by atoms with Crippen LogP contribution in [0.2, 0.25) is 0 Å². The summed E-state index contributed by atoms with van der Waals surface area (Å²) in [5.41, 5.74) is 0.694. The summed E-state index contributed by atoms with van der Waals surface area (Å²) in [5, 5.41) is 2.93. The Bertz CT molecular complexity index is 452. The van der Waals surface area contributed by atoms with E-state index in [1.807, 2.05) is 25.1 Å². The first-order valence-electron chi connectivity index (χ1n) is 7.13. The summed E-state index contributed by atoms with van der Waals surface area (Å²) >= 11 is 0. The van der Waals surface area contributed by atoms with Gasteiger partial charge in [-0.3, -0.25) is 9.59 Å². The van der Waals surface area contributed by atoms with Crippen LogP contribution >= 0.6 is 0 Å². The maximum absolute atomic E-state index is 12.0. The summed E-state index contributed by atoms with van der Waals surface area (Å²) in [7, 11) is 0. The van der Waals surface area contributed by atoms with E-state index in [2.05, 4.69) is 5.32 Å². The van der Waals surface area contributed by atoms with Crippen LogP contribution in [-0.2, 0) is 9.53 Å². The van der Waals surface area contributed by atoms with E-state index in [1.165, 1.54) is 0 Å². The van der Waals surface area contributed by atoms with Gasteiger partial charge in [-0.1, -0.05) is 30.3 Å². The highest BCUT2D eigenvalue weighted by Gasteiger charge is 2.23. The molecule has 1 atom stereocenters. The normalized spacial score (nSPS) is 17.4. The van der Waals surface area contributed by atoms with Crippen molar-refractivity contribution < 1.29 is 14.3 Å². The number of ketones is 1. The van der Waals surface area contributed by atoms with Crippen molar-refractivity contribution in [2.75, 3.05) is 13.2 Å². The summed E-state index contributed by atoms with van der Waals surface area (Å²) in [6.07, 6.45) is 1.87. The molecule has 1 aromatic rings. The van der Waals surface area contributed by atoms with Crippen LogP contribution in [0.4, 0.5) is 0 Å². The zero-order valence-electron chi connectivity index (χ0n) is 11.8. The first-order valence-corrected chi connectivity index (χ1v) is 7.13. The van der Waals surface area contributed by atoms with Crippen LogP contribution in [0.25, 0.3) is 0 Å². The predicted molar refractivity (Wildman–Crippen MR) is 76.5 cm³/mol.